The summed E-state index contributed by atoms with van der Waals surface area (Å²) in [7, 11) is 0. The molecule has 9 heteroatoms. The van der Waals surface area contributed by atoms with Crippen molar-refractivity contribution in [3.8, 4) is 10.8 Å². The molecule has 0 spiro atoms. The summed E-state index contributed by atoms with van der Waals surface area (Å²) in [4.78, 5) is 17.3. The smallest absolute Gasteiger partial charge is 0.214 e. The lowest BCUT2D eigenvalue weighted by Crippen LogP contribution is -2.08. The minimum atomic E-state index is 0.0435. The molecule has 29 heavy (non-hydrogen) atoms. The molecule has 0 fully saturated rings. The number of carbonyl (C=O) groups excluding carboxylic acids is 1. The number of rotatable bonds is 6. The second kappa shape index (κ2) is 7.92. The first-order valence-corrected chi connectivity index (χ1v) is 10.9. The van der Waals surface area contributed by atoms with E-state index < -0.39 is 0 Å². The lowest BCUT2D eigenvalue weighted by atomic mass is 10.1. The van der Waals surface area contributed by atoms with E-state index in [0.29, 0.717) is 10.7 Å². The Bertz CT molecular complexity index is 1160. The molecule has 0 saturated heterocycles. The quantitative estimate of drug-likeness (QED) is 0.342. The van der Waals surface area contributed by atoms with Gasteiger partial charge in [-0.2, -0.15) is 4.68 Å². The number of aryl methyl sites for hydroxylation is 3. The van der Waals surface area contributed by atoms with Crippen molar-refractivity contribution in [1.82, 2.24) is 29.8 Å². The predicted octanol–water partition coefficient (Wildman–Crippen LogP) is 4.12. The van der Waals surface area contributed by atoms with Gasteiger partial charge < -0.3 is 0 Å². The molecule has 0 unspecified atom stereocenters. The summed E-state index contributed by atoms with van der Waals surface area (Å²) in [5.74, 6) is 0.301. The Kier molecular flexibility index (Phi) is 5.33. The number of nitrogens with zero attached hydrogens (tertiary/aromatic N) is 6. The molecule has 0 N–H and O–H groups in total. The number of aromatic nitrogens is 6. The Labute approximate surface area is 176 Å². The number of carbonyl (C=O) groups is 1. The van der Waals surface area contributed by atoms with Gasteiger partial charge in [0.05, 0.1) is 11.4 Å². The number of hydrogen-bond donors (Lipinski definition) is 0. The molecule has 4 aromatic rings. The maximum Gasteiger partial charge on any atom is 0.214 e. The van der Waals surface area contributed by atoms with Crippen molar-refractivity contribution in [2.24, 2.45) is 0 Å². The highest BCUT2D eigenvalue weighted by molar-refractivity contribution is 7.99. The van der Waals surface area contributed by atoms with Crippen LogP contribution < -0.4 is 0 Å². The van der Waals surface area contributed by atoms with E-state index >= 15 is 0 Å². The molecule has 3 heterocycles. The molecular weight excluding hydrogens is 404 g/mol. The number of ketones is 1. The molecule has 0 radical (unpaired) electrons. The van der Waals surface area contributed by atoms with Gasteiger partial charge in [-0.1, -0.05) is 30.0 Å². The van der Waals surface area contributed by atoms with Crippen molar-refractivity contribution in [2.45, 2.75) is 32.9 Å². The highest BCUT2D eigenvalue weighted by atomic mass is 32.2. The summed E-state index contributed by atoms with van der Waals surface area (Å²) in [6, 6.07) is 7.98. The van der Waals surface area contributed by atoms with Crippen LogP contribution in [0.2, 0.25) is 0 Å². The molecule has 0 saturated carbocycles. The lowest BCUT2D eigenvalue weighted by molar-refractivity contribution is 0.102. The Morgan fingerprint density at radius 3 is 2.62 bits per heavy atom. The number of para-hydroxylation sites is 1. The van der Waals surface area contributed by atoms with E-state index in [1.165, 1.54) is 11.8 Å². The van der Waals surface area contributed by atoms with E-state index in [-0.39, 0.29) is 11.5 Å². The minimum Gasteiger partial charge on any atom is -0.294 e. The van der Waals surface area contributed by atoms with Gasteiger partial charge in [-0.05, 0) is 55.3 Å². The fourth-order valence-electron chi connectivity index (χ4n) is 3.42. The molecule has 0 aliphatic heterocycles. The van der Waals surface area contributed by atoms with Crippen LogP contribution in [0.5, 0.6) is 0 Å². The van der Waals surface area contributed by atoms with Crippen LogP contribution in [0.1, 0.15) is 32.9 Å². The molecule has 0 amide bonds. The SMILES string of the molecule is Cc1cccc(C)c1-n1nnnc1SCC(=O)c1cc(C)n(-c2nccs2)c1C. The van der Waals surface area contributed by atoms with Crippen LogP contribution in [0, 0.1) is 27.7 Å². The zero-order valence-electron chi connectivity index (χ0n) is 16.6. The normalized spacial score (nSPS) is 11.2. The van der Waals surface area contributed by atoms with Crippen LogP contribution in [-0.2, 0) is 0 Å². The topological polar surface area (TPSA) is 78.5 Å². The average Bonchev–Trinajstić information content (AvgIpc) is 3.41. The van der Waals surface area contributed by atoms with Crippen molar-refractivity contribution in [1.29, 1.82) is 0 Å². The number of tetrazole rings is 1. The van der Waals surface area contributed by atoms with Crippen LogP contribution in [-0.4, -0.2) is 41.3 Å². The number of hydrogen-bond acceptors (Lipinski definition) is 7. The molecule has 7 nitrogen and oxygen atoms in total. The van der Waals surface area contributed by atoms with Gasteiger partial charge >= 0.3 is 0 Å². The molecular formula is C20H20N6OS2. The summed E-state index contributed by atoms with van der Waals surface area (Å²) in [5, 5.41) is 15.5. The maximum absolute atomic E-state index is 12.9. The molecule has 148 valence electrons. The molecule has 0 aliphatic rings. The summed E-state index contributed by atoms with van der Waals surface area (Å²) >= 11 is 2.89. The fraction of sp³-hybridized carbons (Fsp3) is 0.250. The van der Waals surface area contributed by atoms with Gasteiger partial charge in [-0.15, -0.1) is 16.4 Å². The van der Waals surface area contributed by atoms with Gasteiger partial charge in [0.25, 0.3) is 0 Å². The van der Waals surface area contributed by atoms with Crippen molar-refractivity contribution < 1.29 is 4.79 Å². The number of benzene rings is 1. The van der Waals surface area contributed by atoms with Gasteiger partial charge in [0.2, 0.25) is 5.16 Å². The first-order chi connectivity index (χ1) is 14.0. The van der Waals surface area contributed by atoms with E-state index in [1.807, 2.05) is 61.9 Å². The van der Waals surface area contributed by atoms with E-state index in [9.17, 15) is 4.79 Å². The standard InChI is InChI=1S/C20H20N6OS2/c1-12-6-5-7-13(2)18(12)26-20(22-23-24-26)29-11-17(27)16-10-14(3)25(15(16)4)19-21-8-9-28-19/h5-10H,11H2,1-4H3. The van der Waals surface area contributed by atoms with E-state index in [1.54, 1.807) is 22.2 Å². The van der Waals surface area contributed by atoms with E-state index in [2.05, 4.69) is 20.5 Å². The van der Waals surface area contributed by atoms with Gasteiger partial charge in [0.1, 0.15) is 0 Å². The highest BCUT2D eigenvalue weighted by Crippen LogP contribution is 2.26. The third kappa shape index (κ3) is 3.63. The van der Waals surface area contributed by atoms with Crippen molar-refractivity contribution >= 4 is 28.9 Å². The van der Waals surface area contributed by atoms with Crippen LogP contribution in [0.15, 0.2) is 41.0 Å². The Balaban J connectivity index is 1.57. The molecule has 0 bridgehead atoms. The monoisotopic (exact) mass is 424 g/mol. The summed E-state index contributed by atoms with van der Waals surface area (Å²) in [5.41, 5.74) is 5.71. The van der Waals surface area contributed by atoms with Gasteiger partial charge in [0.15, 0.2) is 10.9 Å². The van der Waals surface area contributed by atoms with Crippen LogP contribution in [0.3, 0.4) is 0 Å². The average molecular weight is 425 g/mol. The Morgan fingerprint density at radius 1 is 1.17 bits per heavy atom. The third-order valence-corrected chi connectivity index (χ3v) is 6.44. The molecule has 3 aromatic heterocycles. The number of thiazole rings is 1. The minimum absolute atomic E-state index is 0.0435. The summed E-state index contributed by atoms with van der Waals surface area (Å²) < 4.78 is 3.73. The first-order valence-electron chi connectivity index (χ1n) is 9.07. The van der Waals surface area contributed by atoms with Gasteiger partial charge in [-0.3, -0.25) is 9.36 Å². The zero-order valence-corrected chi connectivity index (χ0v) is 18.2. The number of Topliss-reactive ketones (excluding diaryl/α,β-unsaturated/α-hetero) is 1. The maximum atomic E-state index is 12.9. The van der Waals surface area contributed by atoms with Crippen LogP contribution >= 0.6 is 23.1 Å². The highest BCUT2D eigenvalue weighted by Gasteiger charge is 2.20. The summed E-state index contributed by atoms with van der Waals surface area (Å²) in [6.07, 6.45) is 1.77. The molecule has 0 atom stereocenters. The lowest BCUT2D eigenvalue weighted by Gasteiger charge is -2.10. The molecule has 1 aromatic carbocycles. The second-order valence-electron chi connectivity index (χ2n) is 6.76. The third-order valence-electron chi connectivity index (χ3n) is 4.77. The number of thioether (sulfide) groups is 1. The van der Waals surface area contributed by atoms with E-state index in [0.717, 1.165) is 33.3 Å². The Morgan fingerprint density at radius 2 is 1.93 bits per heavy atom. The van der Waals surface area contributed by atoms with Crippen molar-refractivity contribution in [3.05, 3.63) is 63.9 Å². The molecule has 0 aliphatic carbocycles. The Hall–Kier alpha value is -2.78. The molecule has 4 rings (SSSR count). The van der Waals surface area contributed by atoms with Gasteiger partial charge in [-0.25, -0.2) is 4.98 Å². The zero-order chi connectivity index (χ0) is 20.5. The van der Waals surface area contributed by atoms with Gasteiger partial charge in [0, 0.05) is 28.5 Å². The summed E-state index contributed by atoms with van der Waals surface area (Å²) in [6.45, 7) is 7.99. The predicted molar refractivity (Wildman–Crippen MR) is 115 cm³/mol. The second-order valence-corrected chi connectivity index (χ2v) is 8.58. The van der Waals surface area contributed by atoms with E-state index in [4.69, 9.17) is 0 Å². The van der Waals surface area contributed by atoms with Crippen LogP contribution in [0.25, 0.3) is 10.8 Å². The van der Waals surface area contributed by atoms with Crippen molar-refractivity contribution in [2.75, 3.05) is 5.75 Å². The first kappa shape index (κ1) is 19.5. The van der Waals surface area contributed by atoms with Crippen molar-refractivity contribution in [3.63, 3.8) is 0 Å². The van der Waals surface area contributed by atoms with Crippen LogP contribution in [0.4, 0.5) is 0 Å². The fourth-order valence-corrected chi connectivity index (χ4v) is 4.93. The largest absolute Gasteiger partial charge is 0.294 e.